The van der Waals surface area contributed by atoms with Gasteiger partial charge in [0.05, 0.1) is 19.8 Å². The normalized spacial score (nSPS) is 27.7. The van der Waals surface area contributed by atoms with Crippen LogP contribution in [0.1, 0.15) is 63.0 Å². The lowest BCUT2D eigenvalue weighted by atomic mass is 9.73. The quantitative estimate of drug-likeness (QED) is 0.323. The number of carbonyl (C=O) groups is 2. The number of carbonyl (C=O) groups excluding carboxylic acids is 2. The molecular formula is C30H45NO7. The number of methoxy groups -OCH3 is 1. The fraction of sp³-hybridized carbons (Fsp3) is 0.733. The van der Waals surface area contributed by atoms with Gasteiger partial charge in [-0.15, -0.1) is 0 Å². The minimum atomic E-state index is -0.519. The van der Waals surface area contributed by atoms with Crippen LogP contribution >= 0.6 is 0 Å². The highest BCUT2D eigenvalue weighted by molar-refractivity contribution is 5.75. The Bertz CT molecular complexity index is 937. The molecule has 1 heterocycles. The van der Waals surface area contributed by atoms with Crippen molar-refractivity contribution in [2.45, 2.75) is 83.0 Å². The maximum atomic E-state index is 12.9. The summed E-state index contributed by atoms with van der Waals surface area (Å²) in [4.78, 5) is 26.6. The molecular weight excluding hydrogens is 486 g/mol. The summed E-state index contributed by atoms with van der Waals surface area (Å²) < 4.78 is 22.2. The Hall–Kier alpha value is -2.16. The van der Waals surface area contributed by atoms with E-state index in [2.05, 4.69) is 17.9 Å². The van der Waals surface area contributed by atoms with Crippen molar-refractivity contribution >= 4 is 11.9 Å². The lowest BCUT2D eigenvalue weighted by molar-refractivity contribution is -0.168. The first-order valence-corrected chi connectivity index (χ1v) is 14.4. The minimum Gasteiger partial charge on any atom is -0.482 e. The molecule has 1 aliphatic heterocycles. The van der Waals surface area contributed by atoms with Gasteiger partial charge in [-0.2, -0.15) is 0 Å². The van der Waals surface area contributed by atoms with E-state index in [1.807, 2.05) is 19.2 Å². The molecule has 2 fully saturated rings. The molecule has 1 aromatic rings. The number of esters is 2. The molecule has 2 aliphatic carbocycles. The molecule has 0 amide bonds. The van der Waals surface area contributed by atoms with Crippen LogP contribution in [0.15, 0.2) is 18.2 Å². The van der Waals surface area contributed by atoms with Gasteiger partial charge in [0, 0.05) is 13.1 Å². The van der Waals surface area contributed by atoms with Gasteiger partial charge in [0.15, 0.2) is 12.7 Å². The van der Waals surface area contributed by atoms with Crippen LogP contribution in [0.25, 0.3) is 0 Å². The van der Waals surface area contributed by atoms with E-state index in [-0.39, 0.29) is 30.7 Å². The molecule has 212 valence electrons. The Morgan fingerprint density at radius 2 is 2.05 bits per heavy atom. The zero-order chi connectivity index (χ0) is 27.1. The SMILES string of the molecule is CCCCC[C@@H](CC[C@@H]1[C@H]2Cc3cccc(OCC(=O)OC)c3C[C@H]2C[C@H]1O)OC(=O)[C@H]1CN(C)CCO1. The largest absolute Gasteiger partial charge is 0.482 e. The zero-order valence-corrected chi connectivity index (χ0v) is 23.2. The average molecular weight is 532 g/mol. The van der Waals surface area contributed by atoms with Gasteiger partial charge in [-0.05, 0) is 86.9 Å². The Balaban J connectivity index is 1.38. The van der Waals surface area contributed by atoms with Crippen molar-refractivity contribution in [2.75, 3.05) is 40.5 Å². The number of morpholine rings is 1. The number of ether oxygens (including phenoxy) is 4. The van der Waals surface area contributed by atoms with E-state index in [9.17, 15) is 14.7 Å². The number of rotatable bonds is 12. The van der Waals surface area contributed by atoms with E-state index < -0.39 is 12.1 Å². The Morgan fingerprint density at radius 1 is 1.21 bits per heavy atom. The van der Waals surface area contributed by atoms with E-state index in [1.54, 1.807) is 0 Å². The van der Waals surface area contributed by atoms with Crippen LogP contribution in [-0.2, 0) is 36.6 Å². The highest BCUT2D eigenvalue weighted by atomic mass is 16.6. The third-order valence-corrected chi connectivity index (χ3v) is 8.69. The van der Waals surface area contributed by atoms with Crippen LogP contribution in [-0.4, -0.2) is 80.7 Å². The van der Waals surface area contributed by atoms with Crippen LogP contribution in [0.3, 0.4) is 0 Å². The van der Waals surface area contributed by atoms with Crippen LogP contribution in [0.5, 0.6) is 5.75 Å². The van der Waals surface area contributed by atoms with Gasteiger partial charge in [0.1, 0.15) is 11.9 Å². The fourth-order valence-electron chi connectivity index (χ4n) is 6.56. The third-order valence-electron chi connectivity index (χ3n) is 8.69. The van der Waals surface area contributed by atoms with Gasteiger partial charge in [0.25, 0.3) is 0 Å². The van der Waals surface area contributed by atoms with Crippen LogP contribution in [0, 0.1) is 17.8 Å². The van der Waals surface area contributed by atoms with Gasteiger partial charge in [0.2, 0.25) is 0 Å². The Kier molecular flexibility index (Phi) is 10.4. The maximum absolute atomic E-state index is 12.9. The molecule has 0 bridgehead atoms. The van der Waals surface area contributed by atoms with Crippen molar-refractivity contribution in [1.29, 1.82) is 0 Å². The standard InChI is InChI=1S/C30H45NO7/c1-4-5-6-9-22(38-30(34)28-18-31(2)13-14-36-28)11-12-23-24-15-20-8-7-10-27(37-19-29(33)35-3)25(20)16-21(24)17-26(23)32/h7-8,10,21-24,26,28,32H,4-6,9,11-19H2,1-3H3/t21-,22-,23+,24-,26+,28+/m0/s1. The predicted molar refractivity (Wildman–Crippen MR) is 143 cm³/mol. The van der Waals surface area contributed by atoms with Gasteiger partial charge in [-0.3, -0.25) is 0 Å². The smallest absolute Gasteiger partial charge is 0.343 e. The van der Waals surface area contributed by atoms with Gasteiger partial charge in [-0.1, -0.05) is 31.9 Å². The second-order valence-electron chi connectivity index (χ2n) is 11.3. The van der Waals surface area contributed by atoms with Gasteiger partial charge in [-0.25, -0.2) is 9.59 Å². The molecule has 0 aromatic heterocycles. The lowest BCUT2D eigenvalue weighted by Crippen LogP contribution is -2.45. The highest BCUT2D eigenvalue weighted by Gasteiger charge is 2.45. The number of fused-ring (bicyclic) bond motifs is 2. The topological polar surface area (TPSA) is 94.5 Å². The van der Waals surface area contributed by atoms with E-state index in [1.165, 1.54) is 12.7 Å². The first kappa shape index (κ1) is 28.8. The van der Waals surface area contributed by atoms with Gasteiger partial charge >= 0.3 is 11.9 Å². The van der Waals surface area contributed by atoms with Crippen molar-refractivity contribution in [2.24, 2.45) is 17.8 Å². The monoisotopic (exact) mass is 531 g/mol. The number of aliphatic hydroxyl groups is 1. The van der Waals surface area contributed by atoms with E-state index in [4.69, 9.17) is 18.9 Å². The molecule has 8 heteroatoms. The number of aliphatic hydroxyl groups excluding tert-OH is 1. The summed E-state index contributed by atoms with van der Waals surface area (Å²) in [5.74, 6) is 1.02. The van der Waals surface area contributed by atoms with Crippen LogP contribution in [0.4, 0.5) is 0 Å². The maximum Gasteiger partial charge on any atom is 0.343 e. The molecule has 0 radical (unpaired) electrons. The number of benzene rings is 1. The van der Waals surface area contributed by atoms with E-state index in [0.29, 0.717) is 25.0 Å². The van der Waals surface area contributed by atoms with E-state index >= 15 is 0 Å². The predicted octanol–water partition coefficient (Wildman–Crippen LogP) is 3.55. The number of unbranched alkanes of at least 4 members (excludes halogenated alkanes) is 2. The second kappa shape index (κ2) is 13.8. The minimum absolute atomic E-state index is 0.105. The molecule has 1 saturated heterocycles. The first-order chi connectivity index (χ1) is 18.4. The first-order valence-electron chi connectivity index (χ1n) is 14.4. The number of hydrogen-bond donors (Lipinski definition) is 1. The Morgan fingerprint density at radius 3 is 2.82 bits per heavy atom. The zero-order valence-electron chi connectivity index (χ0n) is 23.2. The summed E-state index contributed by atoms with van der Waals surface area (Å²) in [6.45, 7) is 4.01. The molecule has 0 spiro atoms. The van der Waals surface area contributed by atoms with Crippen molar-refractivity contribution in [1.82, 2.24) is 4.90 Å². The molecule has 8 nitrogen and oxygen atoms in total. The van der Waals surface area contributed by atoms with E-state index in [0.717, 1.165) is 75.6 Å². The van der Waals surface area contributed by atoms with Crippen LogP contribution < -0.4 is 4.74 Å². The summed E-state index contributed by atoms with van der Waals surface area (Å²) >= 11 is 0. The summed E-state index contributed by atoms with van der Waals surface area (Å²) in [7, 11) is 3.35. The molecule has 1 saturated carbocycles. The molecule has 1 N–H and O–H groups in total. The molecule has 0 unspecified atom stereocenters. The van der Waals surface area contributed by atoms with Crippen molar-refractivity contribution < 1.29 is 33.6 Å². The molecule has 38 heavy (non-hydrogen) atoms. The second-order valence-corrected chi connectivity index (χ2v) is 11.3. The average Bonchev–Trinajstić information content (AvgIpc) is 3.22. The van der Waals surface area contributed by atoms with Crippen molar-refractivity contribution in [3.63, 3.8) is 0 Å². The molecule has 4 rings (SSSR count). The summed E-state index contributed by atoms with van der Waals surface area (Å²) in [5.41, 5.74) is 2.38. The summed E-state index contributed by atoms with van der Waals surface area (Å²) in [6.07, 6.45) is 7.18. The Labute approximate surface area is 227 Å². The lowest BCUT2D eigenvalue weighted by Gasteiger charge is -2.33. The number of likely N-dealkylation sites (N-methyl/N-ethyl adjacent to an activating group) is 1. The summed E-state index contributed by atoms with van der Waals surface area (Å²) in [6, 6.07) is 6.02. The number of nitrogens with zero attached hydrogens (tertiary/aromatic N) is 1. The molecule has 6 atom stereocenters. The van der Waals surface area contributed by atoms with Gasteiger partial charge < -0.3 is 29.0 Å². The fourth-order valence-corrected chi connectivity index (χ4v) is 6.56. The highest BCUT2D eigenvalue weighted by Crippen LogP contribution is 2.48. The van der Waals surface area contributed by atoms with Crippen molar-refractivity contribution in [3.8, 4) is 5.75 Å². The van der Waals surface area contributed by atoms with Crippen molar-refractivity contribution in [3.05, 3.63) is 29.3 Å². The number of hydrogen-bond acceptors (Lipinski definition) is 8. The molecule has 1 aromatic carbocycles. The summed E-state index contributed by atoms with van der Waals surface area (Å²) in [5, 5.41) is 11.1. The van der Waals surface area contributed by atoms with Crippen LogP contribution in [0.2, 0.25) is 0 Å². The molecule has 3 aliphatic rings. The third kappa shape index (κ3) is 7.27.